The van der Waals surface area contributed by atoms with Crippen molar-refractivity contribution in [3.63, 3.8) is 0 Å². The highest BCUT2D eigenvalue weighted by atomic mass is 32.1. The molecule has 0 amide bonds. The second kappa shape index (κ2) is 6.85. The van der Waals surface area contributed by atoms with Crippen LogP contribution in [-0.2, 0) is 0 Å². The van der Waals surface area contributed by atoms with Crippen molar-refractivity contribution >= 4 is 33.3 Å². The maximum atomic E-state index is 4.58. The first-order valence-corrected chi connectivity index (χ1v) is 7.90. The Morgan fingerprint density at radius 2 is 2.05 bits per heavy atom. The number of thiophene rings is 1. The summed E-state index contributed by atoms with van der Waals surface area (Å²) in [6, 6.07) is 2.15. The highest BCUT2D eigenvalue weighted by molar-refractivity contribution is 7.18. The molecule has 6 heteroatoms. The van der Waals surface area contributed by atoms with Crippen LogP contribution in [0.25, 0.3) is 10.2 Å². The lowest BCUT2D eigenvalue weighted by atomic mass is 10.3. The van der Waals surface area contributed by atoms with Crippen molar-refractivity contribution in [2.24, 2.45) is 0 Å². The van der Waals surface area contributed by atoms with Crippen LogP contribution in [-0.4, -0.2) is 48.1 Å². The molecule has 0 aromatic carbocycles. The van der Waals surface area contributed by atoms with Crippen molar-refractivity contribution in [2.45, 2.75) is 20.8 Å². The summed E-state index contributed by atoms with van der Waals surface area (Å²) in [7, 11) is 2.12. The maximum absolute atomic E-state index is 4.58. The van der Waals surface area contributed by atoms with Crippen LogP contribution in [0, 0.1) is 6.92 Å². The zero-order valence-electron chi connectivity index (χ0n) is 12.7. The van der Waals surface area contributed by atoms with Crippen molar-refractivity contribution in [3.05, 3.63) is 10.9 Å². The Bertz CT molecular complexity index is 566. The number of anilines is 2. The summed E-state index contributed by atoms with van der Waals surface area (Å²) in [5.74, 6) is 1.63. The quantitative estimate of drug-likeness (QED) is 0.822. The standard InChI is InChI=1S/C14H23N5S/c1-5-15-14-17-12(16-7-8-19(4)6-2)11-9-10(3)20-13(11)18-14/h9H,5-8H2,1-4H3,(H2,15,16,17,18). The smallest absolute Gasteiger partial charge is 0.226 e. The first-order chi connectivity index (χ1) is 9.63. The lowest BCUT2D eigenvalue weighted by Crippen LogP contribution is -2.25. The lowest BCUT2D eigenvalue weighted by Gasteiger charge is -2.15. The van der Waals surface area contributed by atoms with E-state index in [1.165, 1.54) is 4.88 Å². The normalized spacial score (nSPS) is 11.2. The molecule has 5 nitrogen and oxygen atoms in total. The Kier molecular flexibility index (Phi) is 5.14. The minimum atomic E-state index is 0.702. The molecule has 0 aliphatic heterocycles. The summed E-state index contributed by atoms with van der Waals surface area (Å²) in [4.78, 5) is 13.7. The van der Waals surface area contributed by atoms with E-state index >= 15 is 0 Å². The molecule has 2 rings (SSSR count). The molecule has 2 aromatic rings. The van der Waals surface area contributed by atoms with Gasteiger partial charge >= 0.3 is 0 Å². The van der Waals surface area contributed by atoms with Crippen molar-refractivity contribution in [3.8, 4) is 0 Å². The average molecular weight is 293 g/mol. The third-order valence-electron chi connectivity index (χ3n) is 3.18. The highest BCUT2D eigenvalue weighted by Crippen LogP contribution is 2.29. The van der Waals surface area contributed by atoms with Gasteiger partial charge in [0.15, 0.2) is 0 Å². The molecule has 0 bridgehead atoms. The van der Waals surface area contributed by atoms with Gasteiger partial charge in [-0.3, -0.25) is 0 Å². The zero-order valence-corrected chi connectivity index (χ0v) is 13.5. The van der Waals surface area contributed by atoms with Crippen LogP contribution in [0.4, 0.5) is 11.8 Å². The van der Waals surface area contributed by atoms with E-state index in [1.54, 1.807) is 11.3 Å². The molecule has 0 radical (unpaired) electrons. The molecule has 2 heterocycles. The molecular weight excluding hydrogens is 270 g/mol. The number of aromatic nitrogens is 2. The number of hydrogen-bond donors (Lipinski definition) is 2. The van der Waals surface area contributed by atoms with Crippen LogP contribution < -0.4 is 10.6 Å². The summed E-state index contributed by atoms with van der Waals surface area (Å²) in [6.07, 6.45) is 0. The van der Waals surface area contributed by atoms with Gasteiger partial charge in [-0.25, -0.2) is 4.98 Å². The van der Waals surface area contributed by atoms with E-state index in [-0.39, 0.29) is 0 Å². The molecule has 0 unspecified atom stereocenters. The van der Waals surface area contributed by atoms with Gasteiger partial charge in [0.2, 0.25) is 5.95 Å². The Hall–Kier alpha value is -1.40. The van der Waals surface area contributed by atoms with Gasteiger partial charge in [0, 0.05) is 24.5 Å². The van der Waals surface area contributed by atoms with Gasteiger partial charge in [0.25, 0.3) is 0 Å². The minimum absolute atomic E-state index is 0.702. The molecule has 0 spiro atoms. The van der Waals surface area contributed by atoms with Gasteiger partial charge in [0.05, 0.1) is 5.39 Å². The van der Waals surface area contributed by atoms with Crippen LogP contribution in [0.2, 0.25) is 0 Å². The molecule has 2 N–H and O–H groups in total. The van der Waals surface area contributed by atoms with Crippen LogP contribution in [0.3, 0.4) is 0 Å². The number of hydrogen-bond acceptors (Lipinski definition) is 6. The zero-order chi connectivity index (χ0) is 14.5. The van der Waals surface area contributed by atoms with Crippen LogP contribution >= 0.6 is 11.3 Å². The molecule has 0 saturated carbocycles. The topological polar surface area (TPSA) is 53.1 Å². The van der Waals surface area contributed by atoms with Gasteiger partial charge in [0.1, 0.15) is 10.6 Å². The number of rotatable bonds is 7. The first-order valence-electron chi connectivity index (χ1n) is 7.08. The molecule has 0 aliphatic carbocycles. The predicted molar refractivity (Wildman–Crippen MR) is 88.0 cm³/mol. The van der Waals surface area contributed by atoms with E-state index in [2.05, 4.69) is 59.4 Å². The number of nitrogens with zero attached hydrogens (tertiary/aromatic N) is 3. The predicted octanol–water partition coefficient (Wildman–Crippen LogP) is 2.80. The van der Waals surface area contributed by atoms with Crippen LogP contribution in [0.5, 0.6) is 0 Å². The molecule has 0 fully saturated rings. The Balaban J connectivity index is 2.20. The molecule has 20 heavy (non-hydrogen) atoms. The largest absolute Gasteiger partial charge is 0.368 e. The van der Waals surface area contributed by atoms with E-state index in [9.17, 15) is 0 Å². The summed E-state index contributed by atoms with van der Waals surface area (Å²) >= 11 is 1.71. The third kappa shape index (κ3) is 3.58. The molecule has 2 aromatic heterocycles. The average Bonchev–Trinajstić information content (AvgIpc) is 2.79. The monoisotopic (exact) mass is 293 g/mol. The fraction of sp³-hybridized carbons (Fsp3) is 0.571. The van der Waals surface area contributed by atoms with Crippen molar-refractivity contribution < 1.29 is 0 Å². The van der Waals surface area contributed by atoms with Crippen molar-refractivity contribution in [1.82, 2.24) is 14.9 Å². The highest BCUT2D eigenvalue weighted by Gasteiger charge is 2.10. The molecule has 0 atom stereocenters. The van der Waals surface area contributed by atoms with Crippen LogP contribution in [0.15, 0.2) is 6.07 Å². The van der Waals surface area contributed by atoms with E-state index in [0.717, 1.165) is 42.2 Å². The van der Waals surface area contributed by atoms with Gasteiger partial charge < -0.3 is 15.5 Å². The lowest BCUT2D eigenvalue weighted by molar-refractivity contribution is 0.367. The maximum Gasteiger partial charge on any atom is 0.226 e. The summed E-state index contributed by atoms with van der Waals surface area (Å²) in [5, 5.41) is 7.75. The number of likely N-dealkylation sites (N-methyl/N-ethyl adjacent to an activating group) is 1. The third-order valence-corrected chi connectivity index (χ3v) is 4.12. The van der Waals surface area contributed by atoms with Gasteiger partial charge in [-0.2, -0.15) is 4.98 Å². The van der Waals surface area contributed by atoms with E-state index in [4.69, 9.17) is 0 Å². The Morgan fingerprint density at radius 3 is 2.75 bits per heavy atom. The first kappa shape index (κ1) is 15.0. The summed E-state index contributed by atoms with van der Waals surface area (Å²) in [5.41, 5.74) is 0. The number of fused-ring (bicyclic) bond motifs is 1. The molecule has 0 aliphatic rings. The molecular formula is C14H23N5S. The van der Waals surface area contributed by atoms with Crippen molar-refractivity contribution in [1.29, 1.82) is 0 Å². The second-order valence-electron chi connectivity index (χ2n) is 4.82. The van der Waals surface area contributed by atoms with Crippen LogP contribution in [0.1, 0.15) is 18.7 Å². The fourth-order valence-electron chi connectivity index (χ4n) is 1.94. The second-order valence-corrected chi connectivity index (χ2v) is 6.06. The van der Waals surface area contributed by atoms with E-state index in [1.807, 2.05) is 0 Å². The molecule has 110 valence electrons. The van der Waals surface area contributed by atoms with E-state index < -0.39 is 0 Å². The van der Waals surface area contributed by atoms with Gasteiger partial charge in [-0.05, 0) is 33.5 Å². The fourth-order valence-corrected chi connectivity index (χ4v) is 2.82. The molecule has 0 saturated heterocycles. The number of aryl methyl sites for hydroxylation is 1. The Morgan fingerprint density at radius 1 is 1.25 bits per heavy atom. The van der Waals surface area contributed by atoms with Gasteiger partial charge in [-0.1, -0.05) is 6.92 Å². The minimum Gasteiger partial charge on any atom is -0.368 e. The van der Waals surface area contributed by atoms with Gasteiger partial charge in [-0.15, -0.1) is 11.3 Å². The number of nitrogens with one attached hydrogen (secondary N) is 2. The van der Waals surface area contributed by atoms with E-state index in [0.29, 0.717) is 5.95 Å². The summed E-state index contributed by atoms with van der Waals surface area (Å²) in [6.45, 7) is 10.1. The SMILES string of the molecule is CCNc1nc(NCCN(C)CC)c2cc(C)sc2n1. The summed E-state index contributed by atoms with van der Waals surface area (Å²) < 4.78 is 0. The van der Waals surface area contributed by atoms with Crippen molar-refractivity contribution in [2.75, 3.05) is 43.9 Å². The Labute approximate surface area is 124 Å².